The number of aromatic nitrogens is 2. The van der Waals surface area contributed by atoms with Crippen LogP contribution < -0.4 is 10.2 Å². The zero-order chi connectivity index (χ0) is 13.2. The number of nitrogens with zero attached hydrogens (tertiary/aromatic N) is 3. The van der Waals surface area contributed by atoms with Crippen molar-refractivity contribution in [3.05, 3.63) is 11.9 Å². The smallest absolute Gasteiger partial charge is 0.136 e. The molecule has 1 N–H and O–H groups in total. The lowest BCUT2D eigenvalue weighted by Gasteiger charge is -2.24. The molecule has 0 amide bonds. The van der Waals surface area contributed by atoms with Gasteiger partial charge in [0, 0.05) is 31.1 Å². The molecule has 0 bridgehead atoms. The second-order valence-corrected chi connectivity index (χ2v) is 5.70. The van der Waals surface area contributed by atoms with E-state index >= 15 is 0 Å². The van der Waals surface area contributed by atoms with Crippen molar-refractivity contribution in [2.24, 2.45) is 0 Å². The minimum absolute atomic E-state index is 0.611. The van der Waals surface area contributed by atoms with E-state index in [-0.39, 0.29) is 0 Å². The highest BCUT2D eigenvalue weighted by Gasteiger charge is 2.32. The van der Waals surface area contributed by atoms with Crippen molar-refractivity contribution in [2.45, 2.75) is 57.9 Å². The fourth-order valence-corrected chi connectivity index (χ4v) is 2.51. The maximum atomic E-state index is 4.83. The SMILES string of the molecule is CCCN(c1cc(NCC)nc(C2CC2)n1)C1CC1. The van der Waals surface area contributed by atoms with E-state index in [1.165, 1.54) is 32.1 Å². The van der Waals surface area contributed by atoms with E-state index in [9.17, 15) is 0 Å². The predicted molar refractivity (Wildman–Crippen MR) is 78.8 cm³/mol. The largest absolute Gasteiger partial charge is 0.370 e. The van der Waals surface area contributed by atoms with Crippen LogP contribution in [-0.2, 0) is 0 Å². The quantitative estimate of drug-likeness (QED) is 0.817. The van der Waals surface area contributed by atoms with Crippen LogP contribution in [0.4, 0.5) is 11.6 Å². The Morgan fingerprint density at radius 1 is 1.21 bits per heavy atom. The molecular formula is C15H24N4. The molecule has 1 heterocycles. The molecule has 0 saturated heterocycles. The van der Waals surface area contributed by atoms with Crippen LogP contribution in [0.25, 0.3) is 0 Å². The summed E-state index contributed by atoms with van der Waals surface area (Å²) in [6.07, 6.45) is 6.33. The van der Waals surface area contributed by atoms with Gasteiger partial charge in [-0.05, 0) is 39.0 Å². The third-order valence-electron chi connectivity index (χ3n) is 3.78. The zero-order valence-electron chi connectivity index (χ0n) is 12.0. The van der Waals surface area contributed by atoms with E-state index in [0.29, 0.717) is 5.92 Å². The molecule has 0 unspecified atom stereocenters. The third-order valence-corrected chi connectivity index (χ3v) is 3.78. The van der Waals surface area contributed by atoms with Gasteiger partial charge in [-0.1, -0.05) is 6.92 Å². The minimum Gasteiger partial charge on any atom is -0.370 e. The second-order valence-electron chi connectivity index (χ2n) is 5.70. The monoisotopic (exact) mass is 260 g/mol. The first-order valence-corrected chi connectivity index (χ1v) is 7.71. The molecule has 19 heavy (non-hydrogen) atoms. The van der Waals surface area contributed by atoms with Gasteiger partial charge in [-0.3, -0.25) is 0 Å². The Morgan fingerprint density at radius 2 is 2.00 bits per heavy atom. The van der Waals surface area contributed by atoms with Gasteiger partial charge in [0.25, 0.3) is 0 Å². The summed E-state index contributed by atoms with van der Waals surface area (Å²) in [6.45, 7) is 6.38. The second kappa shape index (κ2) is 5.35. The van der Waals surface area contributed by atoms with E-state index in [1.807, 2.05) is 0 Å². The van der Waals surface area contributed by atoms with E-state index < -0.39 is 0 Å². The summed E-state index contributed by atoms with van der Waals surface area (Å²) in [7, 11) is 0. The van der Waals surface area contributed by atoms with Crippen LogP contribution in [0.15, 0.2) is 6.07 Å². The predicted octanol–water partition coefficient (Wildman–Crippen LogP) is 3.16. The fraction of sp³-hybridized carbons (Fsp3) is 0.733. The Hall–Kier alpha value is -1.32. The topological polar surface area (TPSA) is 41.0 Å². The molecule has 2 aliphatic carbocycles. The summed E-state index contributed by atoms with van der Waals surface area (Å²) in [5.41, 5.74) is 0. The number of rotatable bonds is 7. The van der Waals surface area contributed by atoms with Crippen LogP contribution in [0, 0.1) is 0 Å². The number of hydrogen-bond acceptors (Lipinski definition) is 4. The summed E-state index contributed by atoms with van der Waals surface area (Å²) in [6, 6.07) is 2.85. The molecule has 1 aromatic heterocycles. The summed E-state index contributed by atoms with van der Waals surface area (Å²) in [4.78, 5) is 12.0. The fourth-order valence-electron chi connectivity index (χ4n) is 2.51. The average Bonchev–Trinajstić information content (AvgIpc) is 3.29. The molecule has 0 radical (unpaired) electrons. The Morgan fingerprint density at radius 3 is 2.58 bits per heavy atom. The maximum absolute atomic E-state index is 4.83. The van der Waals surface area contributed by atoms with Crippen LogP contribution in [0.3, 0.4) is 0 Å². The highest BCUT2D eigenvalue weighted by molar-refractivity contribution is 5.51. The van der Waals surface area contributed by atoms with Crippen molar-refractivity contribution in [1.82, 2.24) is 9.97 Å². The van der Waals surface area contributed by atoms with E-state index in [2.05, 4.69) is 35.1 Å². The highest BCUT2D eigenvalue weighted by atomic mass is 15.2. The number of hydrogen-bond donors (Lipinski definition) is 1. The van der Waals surface area contributed by atoms with Gasteiger partial charge in [0.15, 0.2) is 0 Å². The van der Waals surface area contributed by atoms with Crippen molar-refractivity contribution in [3.63, 3.8) is 0 Å². The Labute approximate surface area is 115 Å². The van der Waals surface area contributed by atoms with Gasteiger partial charge >= 0.3 is 0 Å². The van der Waals surface area contributed by atoms with Gasteiger partial charge in [0.05, 0.1) is 0 Å². The summed E-state index contributed by atoms with van der Waals surface area (Å²) in [5.74, 6) is 3.79. The third kappa shape index (κ3) is 2.99. The summed E-state index contributed by atoms with van der Waals surface area (Å²) in [5, 5.41) is 3.35. The normalized spacial score (nSPS) is 18.4. The molecule has 0 aliphatic heterocycles. The van der Waals surface area contributed by atoms with Crippen molar-refractivity contribution in [1.29, 1.82) is 0 Å². The van der Waals surface area contributed by atoms with Gasteiger partial charge in [-0.2, -0.15) is 0 Å². The highest BCUT2D eigenvalue weighted by Crippen LogP contribution is 2.40. The van der Waals surface area contributed by atoms with Gasteiger partial charge < -0.3 is 10.2 Å². The van der Waals surface area contributed by atoms with Crippen LogP contribution in [0.1, 0.15) is 57.7 Å². The molecule has 0 spiro atoms. The lowest BCUT2D eigenvalue weighted by Crippen LogP contribution is -2.28. The van der Waals surface area contributed by atoms with Crippen LogP contribution >= 0.6 is 0 Å². The molecule has 4 nitrogen and oxygen atoms in total. The Kier molecular flexibility index (Phi) is 3.58. The van der Waals surface area contributed by atoms with E-state index in [4.69, 9.17) is 4.98 Å². The molecule has 0 atom stereocenters. The molecule has 3 rings (SSSR count). The lowest BCUT2D eigenvalue weighted by atomic mass is 10.3. The van der Waals surface area contributed by atoms with Gasteiger partial charge in [0.2, 0.25) is 0 Å². The van der Waals surface area contributed by atoms with Crippen molar-refractivity contribution >= 4 is 11.6 Å². The Bertz CT molecular complexity index is 438. The van der Waals surface area contributed by atoms with Gasteiger partial charge in [0.1, 0.15) is 17.5 Å². The minimum atomic E-state index is 0.611. The van der Waals surface area contributed by atoms with Crippen LogP contribution in [-0.4, -0.2) is 29.1 Å². The summed E-state index contributed by atoms with van der Waals surface area (Å²) < 4.78 is 0. The van der Waals surface area contributed by atoms with Crippen LogP contribution in [0.2, 0.25) is 0 Å². The summed E-state index contributed by atoms with van der Waals surface area (Å²) >= 11 is 0. The molecule has 2 aliphatic rings. The maximum Gasteiger partial charge on any atom is 0.136 e. The molecule has 2 saturated carbocycles. The zero-order valence-corrected chi connectivity index (χ0v) is 12.0. The van der Waals surface area contributed by atoms with Crippen molar-refractivity contribution < 1.29 is 0 Å². The molecule has 0 aromatic carbocycles. The first kappa shape index (κ1) is 12.7. The average molecular weight is 260 g/mol. The first-order valence-electron chi connectivity index (χ1n) is 7.71. The van der Waals surface area contributed by atoms with Crippen molar-refractivity contribution in [2.75, 3.05) is 23.3 Å². The van der Waals surface area contributed by atoms with Crippen LogP contribution in [0.5, 0.6) is 0 Å². The number of nitrogens with one attached hydrogen (secondary N) is 1. The Balaban J connectivity index is 1.88. The first-order chi connectivity index (χ1) is 9.31. The lowest BCUT2D eigenvalue weighted by molar-refractivity contribution is 0.741. The molecule has 2 fully saturated rings. The standard InChI is InChI=1S/C15H24N4/c1-3-9-19(12-7-8-12)14-10-13(16-4-2)17-15(18-14)11-5-6-11/h10-12H,3-9H2,1-2H3,(H,16,17,18). The number of anilines is 2. The van der Waals surface area contributed by atoms with E-state index in [1.54, 1.807) is 0 Å². The van der Waals surface area contributed by atoms with Gasteiger partial charge in [-0.25, -0.2) is 9.97 Å². The molecular weight excluding hydrogens is 236 g/mol. The molecule has 4 heteroatoms. The van der Waals surface area contributed by atoms with Gasteiger partial charge in [-0.15, -0.1) is 0 Å². The van der Waals surface area contributed by atoms with Crippen molar-refractivity contribution in [3.8, 4) is 0 Å². The van der Waals surface area contributed by atoms with E-state index in [0.717, 1.165) is 36.6 Å². The molecule has 104 valence electrons. The molecule has 1 aromatic rings.